The van der Waals surface area contributed by atoms with Crippen LogP contribution in [0, 0.1) is 0 Å². The van der Waals surface area contributed by atoms with Gasteiger partial charge in [-0.15, -0.1) is 0 Å². The SMILES string of the molecule is O=C(c1ccoc1)N1CCC(Oc2cccc(Cl)c2)C1. The van der Waals surface area contributed by atoms with E-state index in [1.54, 1.807) is 23.1 Å². The summed E-state index contributed by atoms with van der Waals surface area (Å²) in [5.74, 6) is 0.719. The van der Waals surface area contributed by atoms with Crippen LogP contribution in [0.25, 0.3) is 0 Å². The molecule has 4 nitrogen and oxygen atoms in total. The lowest BCUT2D eigenvalue weighted by Crippen LogP contribution is -2.30. The third-order valence-corrected chi connectivity index (χ3v) is 3.53. The van der Waals surface area contributed by atoms with Crippen LogP contribution < -0.4 is 4.74 Å². The molecule has 0 N–H and O–H groups in total. The fraction of sp³-hybridized carbons (Fsp3) is 0.267. The molecule has 1 aliphatic rings. The number of hydrogen-bond donors (Lipinski definition) is 0. The number of hydrogen-bond acceptors (Lipinski definition) is 3. The molecule has 1 unspecified atom stereocenters. The standard InChI is InChI=1S/C15H14ClNO3/c16-12-2-1-3-13(8-12)20-14-4-6-17(9-14)15(18)11-5-7-19-10-11/h1-3,5,7-8,10,14H,4,6,9H2. The van der Waals surface area contributed by atoms with Crippen LogP contribution in [0.5, 0.6) is 5.75 Å². The highest BCUT2D eigenvalue weighted by molar-refractivity contribution is 6.30. The molecular formula is C15H14ClNO3. The molecule has 1 aromatic heterocycles. The number of carbonyl (C=O) groups excluding carboxylic acids is 1. The van der Waals surface area contributed by atoms with E-state index in [0.29, 0.717) is 23.7 Å². The van der Waals surface area contributed by atoms with Crippen molar-refractivity contribution in [3.05, 3.63) is 53.4 Å². The van der Waals surface area contributed by atoms with Crippen LogP contribution in [-0.2, 0) is 0 Å². The maximum atomic E-state index is 12.1. The van der Waals surface area contributed by atoms with E-state index in [1.165, 1.54) is 12.5 Å². The van der Waals surface area contributed by atoms with E-state index in [0.717, 1.165) is 12.2 Å². The highest BCUT2D eigenvalue weighted by Gasteiger charge is 2.28. The lowest BCUT2D eigenvalue weighted by atomic mass is 10.3. The molecule has 0 saturated carbocycles. The molecule has 1 aromatic carbocycles. The highest BCUT2D eigenvalue weighted by atomic mass is 35.5. The Labute approximate surface area is 121 Å². The Morgan fingerprint density at radius 3 is 3.05 bits per heavy atom. The van der Waals surface area contributed by atoms with Gasteiger partial charge in [0.15, 0.2) is 0 Å². The van der Waals surface area contributed by atoms with Gasteiger partial charge in [0.25, 0.3) is 5.91 Å². The van der Waals surface area contributed by atoms with Gasteiger partial charge in [0.1, 0.15) is 18.1 Å². The molecule has 1 atom stereocenters. The lowest BCUT2D eigenvalue weighted by molar-refractivity contribution is 0.0771. The Balaban J connectivity index is 1.61. The fourth-order valence-corrected chi connectivity index (χ4v) is 2.49. The number of halogens is 1. The van der Waals surface area contributed by atoms with Crippen LogP contribution in [0.4, 0.5) is 0 Å². The molecule has 1 aliphatic heterocycles. The molecule has 104 valence electrons. The van der Waals surface area contributed by atoms with Crippen molar-refractivity contribution in [2.24, 2.45) is 0 Å². The van der Waals surface area contributed by atoms with Gasteiger partial charge in [-0.05, 0) is 24.3 Å². The van der Waals surface area contributed by atoms with Crippen molar-refractivity contribution in [3.8, 4) is 5.75 Å². The summed E-state index contributed by atoms with van der Waals surface area (Å²) in [6.45, 7) is 1.27. The Morgan fingerprint density at radius 1 is 1.40 bits per heavy atom. The summed E-state index contributed by atoms with van der Waals surface area (Å²) in [7, 11) is 0. The second kappa shape index (κ2) is 5.59. The van der Waals surface area contributed by atoms with Gasteiger partial charge >= 0.3 is 0 Å². The predicted octanol–water partition coefficient (Wildman–Crippen LogP) is 3.23. The maximum absolute atomic E-state index is 12.1. The molecule has 1 amide bonds. The zero-order valence-corrected chi connectivity index (χ0v) is 11.5. The van der Waals surface area contributed by atoms with Crippen molar-refractivity contribution in [1.29, 1.82) is 0 Å². The highest BCUT2D eigenvalue weighted by Crippen LogP contribution is 2.22. The second-order valence-corrected chi connectivity index (χ2v) is 5.19. The van der Waals surface area contributed by atoms with E-state index in [1.807, 2.05) is 12.1 Å². The van der Waals surface area contributed by atoms with Gasteiger partial charge in [-0.1, -0.05) is 17.7 Å². The predicted molar refractivity (Wildman–Crippen MR) is 75.1 cm³/mol. The van der Waals surface area contributed by atoms with Crippen LogP contribution in [0.15, 0.2) is 47.3 Å². The average molecular weight is 292 g/mol. The van der Waals surface area contributed by atoms with Crippen molar-refractivity contribution in [2.75, 3.05) is 13.1 Å². The van der Waals surface area contributed by atoms with E-state index in [4.69, 9.17) is 20.8 Å². The van der Waals surface area contributed by atoms with Crippen molar-refractivity contribution >= 4 is 17.5 Å². The van der Waals surface area contributed by atoms with Gasteiger partial charge in [0.05, 0.1) is 18.4 Å². The van der Waals surface area contributed by atoms with Gasteiger partial charge < -0.3 is 14.1 Å². The molecule has 0 bridgehead atoms. The first-order valence-corrected chi connectivity index (χ1v) is 6.84. The maximum Gasteiger partial charge on any atom is 0.257 e. The number of ether oxygens (including phenoxy) is 1. The smallest absolute Gasteiger partial charge is 0.257 e. The van der Waals surface area contributed by atoms with E-state index < -0.39 is 0 Å². The number of amides is 1. The number of rotatable bonds is 3. The molecule has 3 rings (SSSR count). The zero-order chi connectivity index (χ0) is 13.9. The molecule has 2 heterocycles. The molecule has 0 radical (unpaired) electrons. The summed E-state index contributed by atoms with van der Waals surface area (Å²) in [4.78, 5) is 13.9. The summed E-state index contributed by atoms with van der Waals surface area (Å²) in [6.07, 6.45) is 3.79. The van der Waals surface area contributed by atoms with Crippen molar-refractivity contribution in [3.63, 3.8) is 0 Å². The average Bonchev–Trinajstić information content (AvgIpc) is 3.09. The van der Waals surface area contributed by atoms with Crippen LogP contribution in [-0.4, -0.2) is 30.0 Å². The van der Waals surface area contributed by atoms with Gasteiger partial charge in [-0.2, -0.15) is 0 Å². The van der Waals surface area contributed by atoms with Crippen molar-refractivity contribution < 1.29 is 13.9 Å². The minimum Gasteiger partial charge on any atom is -0.488 e. The van der Waals surface area contributed by atoms with E-state index in [9.17, 15) is 4.79 Å². The van der Waals surface area contributed by atoms with Crippen molar-refractivity contribution in [2.45, 2.75) is 12.5 Å². The Morgan fingerprint density at radius 2 is 2.30 bits per heavy atom. The van der Waals surface area contributed by atoms with E-state index in [-0.39, 0.29) is 12.0 Å². The molecule has 0 spiro atoms. The molecular weight excluding hydrogens is 278 g/mol. The second-order valence-electron chi connectivity index (χ2n) is 4.75. The van der Waals surface area contributed by atoms with Gasteiger partial charge in [-0.3, -0.25) is 4.79 Å². The molecule has 0 aliphatic carbocycles. The third kappa shape index (κ3) is 2.80. The third-order valence-electron chi connectivity index (χ3n) is 3.30. The molecule has 1 fully saturated rings. The van der Waals surface area contributed by atoms with Crippen LogP contribution in [0.2, 0.25) is 5.02 Å². The monoisotopic (exact) mass is 291 g/mol. The topological polar surface area (TPSA) is 42.7 Å². The van der Waals surface area contributed by atoms with Crippen LogP contribution in [0.3, 0.4) is 0 Å². The minimum absolute atomic E-state index is 0.00400. The first-order chi connectivity index (χ1) is 9.72. The molecule has 20 heavy (non-hydrogen) atoms. The lowest BCUT2D eigenvalue weighted by Gasteiger charge is -2.16. The van der Waals surface area contributed by atoms with Crippen LogP contribution in [0.1, 0.15) is 16.8 Å². The van der Waals surface area contributed by atoms with Crippen LogP contribution >= 0.6 is 11.6 Å². The molecule has 1 saturated heterocycles. The van der Waals surface area contributed by atoms with Gasteiger partial charge in [-0.25, -0.2) is 0 Å². The number of carbonyl (C=O) groups is 1. The van der Waals surface area contributed by atoms with Gasteiger partial charge in [0.2, 0.25) is 0 Å². The summed E-state index contributed by atoms with van der Waals surface area (Å²) < 4.78 is 10.8. The molecule has 2 aromatic rings. The quantitative estimate of drug-likeness (QED) is 0.872. The first-order valence-electron chi connectivity index (χ1n) is 6.46. The Hall–Kier alpha value is -1.94. The number of furan rings is 1. The minimum atomic E-state index is -0.0176. The normalized spacial score (nSPS) is 18.2. The number of likely N-dealkylation sites (tertiary alicyclic amines) is 1. The summed E-state index contributed by atoms with van der Waals surface area (Å²) in [5, 5.41) is 0.645. The fourth-order valence-electron chi connectivity index (χ4n) is 2.31. The molecule has 5 heteroatoms. The largest absolute Gasteiger partial charge is 0.488 e. The van der Waals surface area contributed by atoms with Crippen molar-refractivity contribution in [1.82, 2.24) is 4.90 Å². The zero-order valence-electron chi connectivity index (χ0n) is 10.8. The number of benzene rings is 1. The Kier molecular flexibility index (Phi) is 3.65. The summed E-state index contributed by atoms with van der Waals surface area (Å²) in [5.41, 5.74) is 0.577. The van der Waals surface area contributed by atoms with Gasteiger partial charge in [0, 0.05) is 18.0 Å². The Bertz CT molecular complexity index is 597. The van der Waals surface area contributed by atoms with E-state index >= 15 is 0 Å². The summed E-state index contributed by atoms with van der Waals surface area (Å²) in [6, 6.07) is 8.97. The summed E-state index contributed by atoms with van der Waals surface area (Å²) >= 11 is 5.92. The number of nitrogens with zero attached hydrogens (tertiary/aromatic N) is 1. The van der Waals surface area contributed by atoms with E-state index in [2.05, 4.69) is 0 Å². The first kappa shape index (κ1) is 13.1.